The molecular weight excluding hydrogens is 407 g/mol. The molecule has 0 amide bonds. The van der Waals surface area contributed by atoms with E-state index in [4.69, 9.17) is 4.98 Å². The van der Waals surface area contributed by atoms with Crippen LogP contribution in [0, 0.1) is 5.82 Å². The molecule has 10 heteroatoms. The number of fused-ring (bicyclic) bond motifs is 1. The molecule has 4 heterocycles. The average molecular weight is 425 g/mol. The van der Waals surface area contributed by atoms with Crippen molar-refractivity contribution in [3.8, 4) is 22.6 Å². The smallest absolute Gasteiger partial charge is 0.155 e. The molecule has 0 radical (unpaired) electrons. The number of nitrogens with one attached hydrogen (secondary N) is 2. The molecule has 0 saturated carbocycles. The minimum absolute atomic E-state index is 0. The molecule has 0 atom stereocenters. The lowest BCUT2D eigenvalue weighted by atomic mass is 10.1. The van der Waals surface area contributed by atoms with E-state index in [1.165, 1.54) is 18.5 Å². The van der Waals surface area contributed by atoms with E-state index >= 15 is 0 Å². The number of imidazole rings is 1. The van der Waals surface area contributed by atoms with Crippen LogP contribution in [0.15, 0.2) is 61.2 Å². The SMILES string of the molecule is Cl.Cn1ccc(-c2[nH]c(CNc3cccc(F)c3)nc2-c2ccc3ncnn3c2)n1. The third-order valence-corrected chi connectivity index (χ3v) is 4.55. The minimum Gasteiger partial charge on any atom is -0.378 e. The van der Waals surface area contributed by atoms with Gasteiger partial charge in [-0.2, -0.15) is 10.2 Å². The fraction of sp³-hybridized carbons (Fsp3) is 0.100. The molecule has 0 spiro atoms. The molecule has 4 aromatic heterocycles. The van der Waals surface area contributed by atoms with Crippen LogP contribution in [0.4, 0.5) is 10.1 Å². The predicted molar refractivity (Wildman–Crippen MR) is 114 cm³/mol. The van der Waals surface area contributed by atoms with E-state index in [0.717, 1.165) is 28.3 Å². The van der Waals surface area contributed by atoms with Crippen LogP contribution >= 0.6 is 12.4 Å². The molecule has 5 aromatic rings. The highest BCUT2D eigenvalue weighted by atomic mass is 35.5. The Labute approximate surface area is 177 Å². The van der Waals surface area contributed by atoms with Gasteiger partial charge in [-0.3, -0.25) is 4.68 Å². The standard InChI is InChI=1S/C20H17FN8.ClH/c1-28-8-7-16(27-28)20-19(13-5-6-18-23-12-24-29(18)11-13)25-17(26-20)10-22-15-4-2-3-14(21)9-15;/h2-9,11-12,22H,10H2,1H3,(H,25,26);1H. The van der Waals surface area contributed by atoms with Gasteiger partial charge in [0.1, 0.15) is 23.7 Å². The number of pyridine rings is 1. The maximum Gasteiger partial charge on any atom is 0.155 e. The summed E-state index contributed by atoms with van der Waals surface area (Å²) < 4.78 is 16.9. The second kappa shape index (κ2) is 7.96. The Bertz CT molecular complexity index is 1310. The van der Waals surface area contributed by atoms with Crippen molar-refractivity contribution in [2.24, 2.45) is 7.05 Å². The van der Waals surface area contributed by atoms with E-state index < -0.39 is 0 Å². The molecule has 1 aromatic carbocycles. The quantitative estimate of drug-likeness (QED) is 0.449. The Morgan fingerprint density at radius 3 is 2.87 bits per heavy atom. The first-order valence-corrected chi connectivity index (χ1v) is 9.04. The van der Waals surface area contributed by atoms with Crippen LogP contribution in [0.5, 0.6) is 0 Å². The van der Waals surface area contributed by atoms with Crippen LogP contribution in [0.2, 0.25) is 0 Å². The number of halogens is 2. The van der Waals surface area contributed by atoms with Crippen molar-refractivity contribution in [2.45, 2.75) is 6.54 Å². The first kappa shape index (κ1) is 19.6. The van der Waals surface area contributed by atoms with Gasteiger partial charge < -0.3 is 10.3 Å². The van der Waals surface area contributed by atoms with Crippen molar-refractivity contribution in [1.29, 1.82) is 0 Å². The van der Waals surface area contributed by atoms with Gasteiger partial charge in [-0.15, -0.1) is 12.4 Å². The second-order valence-electron chi connectivity index (χ2n) is 6.63. The van der Waals surface area contributed by atoms with Crippen LogP contribution in [-0.2, 0) is 13.6 Å². The summed E-state index contributed by atoms with van der Waals surface area (Å²) in [5.74, 6) is 0.425. The summed E-state index contributed by atoms with van der Waals surface area (Å²) in [6, 6.07) is 12.1. The third-order valence-electron chi connectivity index (χ3n) is 4.55. The Morgan fingerprint density at radius 1 is 1.17 bits per heavy atom. The molecule has 0 bridgehead atoms. The molecule has 30 heavy (non-hydrogen) atoms. The Morgan fingerprint density at radius 2 is 2.07 bits per heavy atom. The highest BCUT2D eigenvalue weighted by molar-refractivity contribution is 5.85. The summed E-state index contributed by atoms with van der Waals surface area (Å²) >= 11 is 0. The normalized spacial score (nSPS) is 10.9. The van der Waals surface area contributed by atoms with Gasteiger partial charge in [-0.1, -0.05) is 6.07 Å². The molecule has 152 valence electrons. The monoisotopic (exact) mass is 424 g/mol. The Hall–Kier alpha value is -3.72. The average Bonchev–Trinajstić information content (AvgIpc) is 3.45. The van der Waals surface area contributed by atoms with E-state index in [1.807, 2.05) is 43.7 Å². The van der Waals surface area contributed by atoms with Gasteiger partial charge in [0.25, 0.3) is 0 Å². The van der Waals surface area contributed by atoms with Crippen LogP contribution in [-0.4, -0.2) is 34.3 Å². The number of benzene rings is 1. The first-order valence-electron chi connectivity index (χ1n) is 9.04. The van der Waals surface area contributed by atoms with Crippen LogP contribution in [0.25, 0.3) is 28.3 Å². The van der Waals surface area contributed by atoms with Gasteiger partial charge in [-0.25, -0.2) is 18.9 Å². The first-order chi connectivity index (χ1) is 14.2. The summed E-state index contributed by atoms with van der Waals surface area (Å²) in [4.78, 5) is 12.3. The van der Waals surface area contributed by atoms with Crippen molar-refractivity contribution < 1.29 is 4.39 Å². The molecule has 0 aliphatic rings. The number of hydrogen-bond acceptors (Lipinski definition) is 5. The molecule has 0 aliphatic heterocycles. The molecular formula is C20H18ClFN8. The van der Waals surface area contributed by atoms with Gasteiger partial charge in [-0.05, 0) is 36.4 Å². The summed E-state index contributed by atoms with van der Waals surface area (Å²) in [6.45, 7) is 0.412. The van der Waals surface area contributed by atoms with Crippen LogP contribution in [0.1, 0.15) is 5.82 Å². The van der Waals surface area contributed by atoms with Crippen molar-refractivity contribution in [3.05, 3.63) is 72.8 Å². The number of anilines is 1. The van der Waals surface area contributed by atoms with Gasteiger partial charge in [0.05, 0.1) is 17.9 Å². The van der Waals surface area contributed by atoms with Crippen molar-refractivity contribution in [2.75, 3.05) is 5.32 Å². The number of aromatic nitrogens is 7. The molecule has 5 rings (SSSR count). The zero-order valence-corrected chi connectivity index (χ0v) is 16.8. The van der Waals surface area contributed by atoms with Gasteiger partial charge in [0.15, 0.2) is 5.65 Å². The number of hydrogen-bond donors (Lipinski definition) is 2. The van der Waals surface area contributed by atoms with E-state index in [-0.39, 0.29) is 18.2 Å². The number of H-pyrrole nitrogens is 1. The lowest BCUT2D eigenvalue weighted by Gasteiger charge is -2.03. The fourth-order valence-electron chi connectivity index (χ4n) is 3.19. The predicted octanol–water partition coefficient (Wildman–Crippen LogP) is 3.69. The third kappa shape index (κ3) is 3.74. The number of aromatic amines is 1. The van der Waals surface area contributed by atoms with Gasteiger partial charge in [0, 0.05) is 30.7 Å². The lowest BCUT2D eigenvalue weighted by Crippen LogP contribution is -2.01. The molecule has 0 unspecified atom stereocenters. The number of rotatable bonds is 5. The van der Waals surface area contributed by atoms with E-state index in [0.29, 0.717) is 18.1 Å². The highest BCUT2D eigenvalue weighted by Crippen LogP contribution is 2.29. The van der Waals surface area contributed by atoms with E-state index in [9.17, 15) is 4.39 Å². The molecule has 8 nitrogen and oxygen atoms in total. The lowest BCUT2D eigenvalue weighted by molar-refractivity contribution is 0.628. The second-order valence-corrected chi connectivity index (χ2v) is 6.63. The van der Waals surface area contributed by atoms with E-state index in [2.05, 4.69) is 25.5 Å². The van der Waals surface area contributed by atoms with Crippen molar-refractivity contribution in [1.82, 2.24) is 34.3 Å². The largest absolute Gasteiger partial charge is 0.378 e. The van der Waals surface area contributed by atoms with Gasteiger partial charge >= 0.3 is 0 Å². The summed E-state index contributed by atoms with van der Waals surface area (Å²) in [6.07, 6.45) is 5.28. The molecule has 0 saturated heterocycles. The van der Waals surface area contributed by atoms with Crippen LogP contribution in [0.3, 0.4) is 0 Å². The van der Waals surface area contributed by atoms with Gasteiger partial charge in [0.2, 0.25) is 0 Å². The topological polar surface area (TPSA) is 88.7 Å². The fourth-order valence-corrected chi connectivity index (χ4v) is 3.19. The number of aryl methyl sites for hydroxylation is 1. The molecule has 0 aliphatic carbocycles. The number of nitrogens with zero attached hydrogens (tertiary/aromatic N) is 6. The summed E-state index contributed by atoms with van der Waals surface area (Å²) in [7, 11) is 1.87. The Kier molecular flexibility index (Phi) is 5.20. The molecule has 0 fully saturated rings. The van der Waals surface area contributed by atoms with Crippen molar-refractivity contribution >= 4 is 23.7 Å². The van der Waals surface area contributed by atoms with E-state index in [1.54, 1.807) is 15.3 Å². The minimum atomic E-state index is -0.287. The van der Waals surface area contributed by atoms with Crippen LogP contribution < -0.4 is 5.32 Å². The maximum atomic E-state index is 13.4. The summed E-state index contributed by atoms with van der Waals surface area (Å²) in [5.41, 5.74) is 4.68. The maximum absolute atomic E-state index is 13.4. The molecule has 2 N–H and O–H groups in total. The van der Waals surface area contributed by atoms with Crippen molar-refractivity contribution in [3.63, 3.8) is 0 Å². The summed E-state index contributed by atoms with van der Waals surface area (Å²) in [5, 5.41) is 11.9. The Balaban J connectivity index is 0.00000218. The zero-order chi connectivity index (χ0) is 19.8. The highest BCUT2D eigenvalue weighted by Gasteiger charge is 2.17. The zero-order valence-electron chi connectivity index (χ0n) is 16.0.